The van der Waals surface area contributed by atoms with Crippen molar-refractivity contribution in [2.75, 3.05) is 38.1 Å². The summed E-state index contributed by atoms with van der Waals surface area (Å²) < 4.78 is 1.28. The number of hydrogen-bond acceptors (Lipinski definition) is 6. The van der Waals surface area contributed by atoms with E-state index in [0.717, 1.165) is 25.5 Å². The van der Waals surface area contributed by atoms with E-state index in [1.54, 1.807) is 6.07 Å². The number of aromatic nitrogens is 4. The van der Waals surface area contributed by atoms with Crippen LogP contribution < -0.4 is 16.3 Å². The van der Waals surface area contributed by atoms with Gasteiger partial charge in [-0.15, -0.1) is 5.10 Å². The minimum absolute atomic E-state index is 0.214. The molecule has 1 atom stereocenters. The van der Waals surface area contributed by atoms with Crippen molar-refractivity contribution in [2.24, 2.45) is 5.73 Å². The number of anilines is 1. The average molecular weight is 263 g/mol. The maximum absolute atomic E-state index is 11.5. The molecule has 3 heterocycles. The molecular formula is C11H17N7O. The van der Waals surface area contributed by atoms with E-state index in [2.05, 4.69) is 32.1 Å². The minimum atomic E-state index is -0.324. The number of piperazine rings is 1. The van der Waals surface area contributed by atoms with Crippen LogP contribution in [0.2, 0.25) is 0 Å². The molecule has 1 unspecified atom stereocenters. The maximum Gasteiger partial charge on any atom is 0.364 e. The standard InChI is InChI=1S/C11H17N7O/c1-16-4-5-17(8(6-12)7-16)10-3-2-9-13-14-11(19)18(9)15-10/h2-3,8H,4-7,12H2,1H3,(H,14,19). The highest BCUT2D eigenvalue weighted by Gasteiger charge is 2.25. The van der Waals surface area contributed by atoms with Gasteiger partial charge in [-0.1, -0.05) is 0 Å². The van der Waals surface area contributed by atoms with Crippen molar-refractivity contribution in [1.82, 2.24) is 24.7 Å². The number of nitrogens with zero attached hydrogens (tertiary/aromatic N) is 5. The molecule has 1 aliphatic heterocycles. The summed E-state index contributed by atoms with van der Waals surface area (Å²) in [5, 5.41) is 10.6. The van der Waals surface area contributed by atoms with Gasteiger partial charge in [-0.3, -0.25) is 0 Å². The Morgan fingerprint density at radius 1 is 1.47 bits per heavy atom. The quantitative estimate of drug-likeness (QED) is 0.684. The van der Waals surface area contributed by atoms with Crippen molar-refractivity contribution in [2.45, 2.75) is 6.04 Å². The molecule has 102 valence electrons. The van der Waals surface area contributed by atoms with Gasteiger partial charge in [-0.25, -0.2) is 9.89 Å². The van der Waals surface area contributed by atoms with Crippen molar-refractivity contribution in [3.63, 3.8) is 0 Å². The third-order valence-electron chi connectivity index (χ3n) is 3.51. The molecule has 3 rings (SSSR count). The van der Waals surface area contributed by atoms with Gasteiger partial charge in [0, 0.05) is 26.2 Å². The first kappa shape index (κ1) is 12.1. The Bertz CT molecular complexity index is 633. The Morgan fingerprint density at radius 3 is 3.11 bits per heavy atom. The first-order valence-electron chi connectivity index (χ1n) is 6.29. The SMILES string of the molecule is CN1CCN(c2ccc3n[nH]c(=O)n3n2)C(CN)C1. The lowest BCUT2D eigenvalue weighted by Gasteiger charge is -2.40. The molecule has 0 bridgehead atoms. The van der Waals surface area contributed by atoms with E-state index in [0.29, 0.717) is 12.2 Å². The molecule has 8 nitrogen and oxygen atoms in total. The lowest BCUT2D eigenvalue weighted by atomic mass is 10.1. The van der Waals surface area contributed by atoms with E-state index >= 15 is 0 Å². The third-order valence-corrected chi connectivity index (χ3v) is 3.51. The Morgan fingerprint density at radius 2 is 2.32 bits per heavy atom. The highest BCUT2D eigenvalue weighted by atomic mass is 16.2. The summed E-state index contributed by atoms with van der Waals surface area (Å²) in [5.41, 5.74) is 6.03. The third kappa shape index (κ3) is 2.08. The first-order chi connectivity index (χ1) is 9.19. The predicted octanol–water partition coefficient (Wildman–Crippen LogP) is -1.50. The molecule has 0 saturated carbocycles. The number of fused-ring (bicyclic) bond motifs is 1. The fourth-order valence-electron chi connectivity index (χ4n) is 2.46. The van der Waals surface area contributed by atoms with Crippen molar-refractivity contribution < 1.29 is 0 Å². The monoisotopic (exact) mass is 263 g/mol. The highest BCUT2D eigenvalue weighted by Crippen LogP contribution is 2.17. The lowest BCUT2D eigenvalue weighted by Crippen LogP contribution is -2.55. The highest BCUT2D eigenvalue weighted by molar-refractivity contribution is 5.46. The van der Waals surface area contributed by atoms with Crippen LogP contribution in [-0.4, -0.2) is 64.0 Å². The molecule has 0 amide bonds. The summed E-state index contributed by atoms with van der Waals surface area (Å²) in [4.78, 5) is 15.9. The second-order valence-corrected chi connectivity index (χ2v) is 4.84. The molecule has 0 aliphatic carbocycles. The Labute approximate surface area is 109 Å². The fourth-order valence-corrected chi connectivity index (χ4v) is 2.46. The molecule has 1 saturated heterocycles. The molecule has 3 N–H and O–H groups in total. The smallest absolute Gasteiger partial charge is 0.348 e. The van der Waals surface area contributed by atoms with Gasteiger partial charge in [0.15, 0.2) is 5.65 Å². The molecule has 19 heavy (non-hydrogen) atoms. The summed E-state index contributed by atoms with van der Waals surface area (Å²) >= 11 is 0. The van der Waals surface area contributed by atoms with Crippen LogP contribution in [0.25, 0.3) is 5.65 Å². The van der Waals surface area contributed by atoms with E-state index in [4.69, 9.17) is 5.73 Å². The van der Waals surface area contributed by atoms with Crippen LogP contribution in [0.4, 0.5) is 5.82 Å². The Hall–Kier alpha value is -1.93. The van der Waals surface area contributed by atoms with Crippen LogP contribution in [0, 0.1) is 0 Å². The van der Waals surface area contributed by atoms with Gasteiger partial charge >= 0.3 is 5.69 Å². The zero-order valence-corrected chi connectivity index (χ0v) is 10.8. The van der Waals surface area contributed by atoms with Crippen LogP contribution in [-0.2, 0) is 0 Å². The first-order valence-corrected chi connectivity index (χ1v) is 6.29. The minimum Gasteiger partial charge on any atom is -0.348 e. The van der Waals surface area contributed by atoms with Crippen molar-refractivity contribution in [3.8, 4) is 0 Å². The summed E-state index contributed by atoms with van der Waals surface area (Å²) in [6, 6.07) is 3.88. The molecule has 0 spiro atoms. The summed E-state index contributed by atoms with van der Waals surface area (Å²) in [6.07, 6.45) is 0. The Kier molecular flexibility index (Phi) is 2.96. The molecule has 2 aromatic rings. The van der Waals surface area contributed by atoms with Gasteiger partial charge < -0.3 is 15.5 Å². The molecule has 8 heteroatoms. The number of H-pyrrole nitrogens is 1. The van der Waals surface area contributed by atoms with Crippen LogP contribution >= 0.6 is 0 Å². The predicted molar refractivity (Wildman–Crippen MR) is 71.3 cm³/mol. The zero-order valence-electron chi connectivity index (χ0n) is 10.8. The van der Waals surface area contributed by atoms with Gasteiger partial charge in [0.25, 0.3) is 0 Å². The van der Waals surface area contributed by atoms with Crippen molar-refractivity contribution in [1.29, 1.82) is 0 Å². The van der Waals surface area contributed by atoms with Gasteiger partial charge in [0.2, 0.25) is 0 Å². The van der Waals surface area contributed by atoms with Crippen LogP contribution in [0.5, 0.6) is 0 Å². The van der Waals surface area contributed by atoms with E-state index in [1.165, 1.54) is 4.52 Å². The normalized spacial score (nSPS) is 21.2. The topological polar surface area (TPSA) is 95.5 Å². The van der Waals surface area contributed by atoms with E-state index in [1.807, 2.05) is 6.07 Å². The van der Waals surface area contributed by atoms with E-state index in [9.17, 15) is 4.79 Å². The zero-order chi connectivity index (χ0) is 13.4. The summed E-state index contributed by atoms with van der Waals surface area (Å²) in [5.74, 6) is 0.763. The van der Waals surface area contributed by atoms with Crippen molar-refractivity contribution >= 4 is 11.5 Å². The number of hydrogen-bond donors (Lipinski definition) is 2. The number of rotatable bonds is 2. The van der Waals surface area contributed by atoms with Crippen molar-refractivity contribution in [3.05, 3.63) is 22.6 Å². The lowest BCUT2D eigenvalue weighted by molar-refractivity contribution is 0.268. The van der Waals surface area contributed by atoms with Gasteiger partial charge in [-0.05, 0) is 19.2 Å². The number of likely N-dealkylation sites (N-methyl/N-ethyl adjacent to an activating group) is 1. The van der Waals surface area contributed by atoms with Gasteiger partial charge in [-0.2, -0.15) is 9.61 Å². The Balaban J connectivity index is 1.98. The van der Waals surface area contributed by atoms with Crippen LogP contribution in [0.1, 0.15) is 0 Å². The second-order valence-electron chi connectivity index (χ2n) is 4.84. The molecule has 1 fully saturated rings. The largest absolute Gasteiger partial charge is 0.364 e. The molecular weight excluding hydrogens is 246 g/mol. The van der Waals surface area contributed by atoms with E-state index in [-0.39, 0.29) is 11.7 Å². The average Bonchev–Trinajstić information content (AvgIpc) is 2.80. The van der Waals surface area contributed by atoms with Gasteiger partial charge in [0.1, 0.15) is 5.82 Å². The maximum atomic E-state index is 11.5. The van der Waals surface area contributed by atoms with Crippen LogP contribution in [0.15, 0.2) is 16.9 Å². The van der Waals surface area contributed by atoms with E-state index < -0.39 is 0 Å². The van der Waals surface area contributed by atoms with Crippen LogP contribution in [0.3, 0.4) is 0 Å². The summed E-state index contributed by atoms with van der Waals surface area (Å²) in [6.45, 7) is 3.26. The molecule has 2 aromatic heterocycles. The molecule has 1 aliphatic rings. The molecule has 0 aromatic carbocycles. The fraction of sp³-hybridized carbons (Fsp3) is 0.545. The van der Waals surface area contributed by atoms with Gasteiger partial charge in [0.05, 0.1) is 6.04 Å². The molecule has 0 radical (unpaired) electrons. The summed E-state index contributed by atoms with van der Waals surface area (Å²) in [7, 11) is 2.08. The second kappa shape index (κ2) is 4.63. The number of nitrogens with two attached hydrogens (primary N) is 1. The number of aromatic amines is 1. The number of nitrogens with one attached hydrogen (secondary N) is 1.